The van der Waals surface area contributed by atoms with Gasteiger partial charge in [0, 0.05) is 14.9 Å². The molecule has 0 amide bonds. The molecule has 0 aromatic heterocycles. The van der Waals surface area contributed by atoms with Crippen molar-refractivity contribution in [2.45, 2.75) is 27.3 Å². The first-order chi connectivity index (χ1) is 7.00. The van der Waals surface area contributed by atoms with Gasteiger partial charge in [0.1, 0.15) is 5.75 Å². The Morgan fingerprint density at radius 1 is 1.27 bits per heavy atom. The van der Waals surface area contributed by atoms with Gasteiger partial charge in [0.25, 0.3) is 0 Å². The molecule has 0 unspecified atom stereocenters. The molecule has 0 aliphatic carbocycles. The molecule has 0 spiro atoms. The fourth-order valence-electron chi connectivity index (χ4n) is 1.46. The number of benzene rings is 1. The van der Waals surface area contributed by atoms with E-state index in [1.165, 1.54) is 0 Å². The molecule has 4 nitrogen and oxygen atoms in total. The minimum absolute atomic E-state index is 0.174. The molecular formula is C10H12BrN3O. The number of rotatable bonds is 2. The van der Waals surface area contributed by atoms with E-state index in [1.807, 2.05) is 20.8 Å². The number of hydrogen-bond acceptors (Lipinski definition) is 2. The largest absolute Gasteiger partial charge is 0.507 e. The Bertz CT molecular complexity index is 421. The Labute approximate surface area is 96.7 Å². The average Bonchev–Trinajstić information content (AvgIpc) is 2.24. The molecule has 15 heavy (non-hydrogen) atoms. The van der Waals surface area contributed by atoms with Crippen molar-refractivity contribution in [3.63, 3.8) is 0 Å². The number of halogens is 1. The van der Waals surface area contributed by atoms with E-state index >= 15 is 0 Å². The molecule has 1 rings (SSSR count). The van der Waals surface area contributed by atoms with Gasteiger partial charge in [0.05, 0.1) is 6.54 Å². The lowest BCUT2D eigenvalue weighted by atomic mass is 9.99. The summed E-state index contributed by atoms with van der Waals surface area (Å²) in [5, 5.41) is 13.4. The molecule has 1 N–H and O–H groups in total. The third-order valence-corrected chi connectivity index (χ3v) is 3.80. The van der Waals surface area contributed by atoms with E-state index in [9.17, 15) is 5.11 Å². The lowest BCUT2D eigenvalue weighted by molar-refractivity contribution is 0.462. The Morgan fingerprint density at radius 2 is 1.87 bits per heavy atom. The molecular weight excluding hydrogens is 258 g/mol. The van der Waals surface area contributed by atoms with Crippen molar-refractivity contribution in [3.05, 3.63) is 37.2 Å². The van der Waals surface area contributed by atoms with E-state index in [2.05, 4.69) is 26.0 Å². The van der Waals surface area contributed by atoms with Gasteiger partial charge < -0.3 is 5.11 Å². The van der Waals surface area contributed by atoms with E-state index in [4.69, 9.17) is 5.53 Å². The van der Waals surface area contributed by atoms with Gasteiger partial charge in [-0.05, 0) is 43.0 Å². The summed E-state index contributed by atoms with van der Waals surface area (Å²) in [5.41, 5.74) is 11.7. The zero-order chi connectivity index (χ0) is 11.6. The van der Waals surface area contributed by atoms with Crippen LogP contribution in [-0.2, 0) is 6.54 Å². The third kappa shape index (κ3) is 2.08. The van der Waals surface area contributed by atoms with Crippen LogP contribution in [0.2, 0.25) is 0 Å². The number of phenolic OH excluding ortho intramolecular Hbond substituents is 1. The molecule has 1 aromatic carbocycles. The van der Waals surface area contributed by atoms with Gasteiger partial charge >= 0.3 is 0 Å². The van der Waals surface area contributed by atoms with E-state index in [0.717, 1.165) is 21.2 Å². The standard InChI is InChI=1S/C10H12BrN3O/c1-5-6(2)10(15)8(4-13-14-12)7(3)9(5)11/h15H,4H2,1-3H3. The molecule has 5 heteroatoms. The normalized spacial score (nSPS) is 9.87. The predicted molar refractivity (Wildman–Crippen MR) is 62.9 cm³/mol. The molecule has 0 aliphatic rings. The van der Waals surface area contributed by atoms with Crippen LogP contribution in [0, 0.1) is 20.8 Å². The molecule has 0 radical (unpaired) electrons. The van der Waals surface area contributed by atoms with Crippen LogP contribution in [-0.4, -0.2) is 5.11 Å². The second kappa shape index (κ2) is 4.55. The van der Waals surface area contributed by atoms with Crippen LogP contribution in [0.3, 0.4) is 0 Å². The fourth-order valence-corrected chi connectivity index (χ4v) is 1.99. The van der Waals surface area contributed by atoms with E-state index in [0.29, 0.717) is 5.56 Å². The van der Waals surface area contributed by atoms with Crippen molar-refractivity contribution in [1.29, 1.82) is 0 Å². The van der Waals surface area contributed by atoms with Gasteiger partial charge in [-0.15, -0.1) is 0 Å². The summed E-state index contributed by atoms with van der Waals surface area (Å²) in [4.78, 5) is 2.69. The van der Waals surface area contributed by atoms with Crippen LogP contribution >= 0.6 is 15.9 Å². The average molecular weight is 270 g/mol. The highest BCUT2D eigenvalue weighted by Gasteiger charge is 2.14. The Hall–Kier alpha value is -1.19. The minimum Gasteiger partial charge on any atom is -0.507 e. The van der Waals surface area contributed by atoms with Gasteiger partial charge in [-0.3, -0.25) is 0 Å². The number of nitrogens with zero attached hydrogens (tertiary/aromatic N) is 3. The first-order valence-corrected chi connectivity index (χ1v) is 5.28. The maximum absolute atomic E-state index is 9.91. The predicted octanol–water partition coefficient (Wildman–Crippen LogP) is 3.89. The van der Waals surface area contributed by atoms with Crippen LogP contribution < -0.4 is 0 Å². The van der Waals surface area contributed by atoms with Gasteiger partial charge in [-0.2, -0.15) is 0 Å². The fraction of sp³-hybridized carbons (Fsp3) is 0.400. The topological polar surface area (TPSA) is 69.0 Å². The summed E-state index contributed by atoms with van der Waals surface area (Å²) < 4.78 is 0.959. The highest BCUT2D eigenvalue weighted by molar-refractivity contribution is 9.10. The number of hydrogen-bond donors (Lipinski definition) is 1. The Kier molecular flexibility index (Phi) is 3.61. The third-order valence-electron chi connectivity index (χ3n) is 2.61. The highest BCUT2D eigenvalue weighted by atomic mass is 79.9. The lowest BCUT2D eigenvalue weighted by Gasteiger charge is -2.14. The first-order valence-electron chi connectivity index (χ1n) is 4.48. The Balaban J connectivity index is 3.44. The second-order valence-electron chi connectivity index (χ2n) is 3.41. The number of aromatic hydroxyl groups is 1. The molecule has 1 aromatic rings. The van der Waals surface area contributed by atoms with Crippen molar-refractivity contribution in [3.8, 4) is 5.75 Å². The molecule has 0 saturated carbocycles. The van der Waals surface area contributed by atoms with Gasteiger partial charge in [0.2, 0.25) is 0 Å². The smallest absolute Gasteiger partial charge is 0.122 e. The highest BCUT2D eigenvalue weighted by Crippen LogP contribution is 2.35. The van der Waals surface area contributed by atoms with Gasteiger partial charge in [0.15, 0.2) is 0 Å². The summed E-state index contributed by atoms with van der Waals surface area (Å²) in [5.74, 6) is 0.223. The molecule has 80 valence electrons. The van der Waals surface area contributed by atoms with E-state index in [-0.39, 0.29) is 12.3 Å². The van der Waals surface area contributed by atoms with Crippen LogP contribution in [0.5, 0.6) is 5.75 Å². The molecule has 0 bridgehead atoms. The van der Waals surface area contributed by atoms with Crippen molar-refractivity contribution in [2.75, 3.05) is 0 Å². The molecule has 0 atom stereocenters. The number of azide groups is 1. The molecule has 0 aliphatic heterocycles. The molecule has 0 saturated heterocycles. The van der Waals surface area contributed by atoms with Gasteiger partial charge in [-0.25, -0.2) is 0 Å². The van der Waals surface area contributed by atoms with Gasteiger partial charge in [-0.1, -0.05) is 21.0 Å². The maximum atomic E-state index is 9.91. The van der Waals surface area contributed by atoms with Crippen LogP contribution in [0.15, 0.2) is 9.59 Å². The zero-order valence-corrected chi connectivity index (χ0v) is 10.5. The van der Waals surface area contributed by atoms with Crippen LogP contribution in [0.25, 0.3) is 10.4 Å². The lowest BCUT2D eigenvalue weighted by Crippen LogP contribution is -1.96. The Morgan fingerprint density at radius 3 is 2.40 bits per heavy atom. The quantitative estimate of drug-likeness (QED) is 0.494. The van der Waals surface area contributed by atoms with Crippen LogP contribution in [0.4, 0.5) is 0 Å². The van der Waals surface area contributed by atoms with Crippen molar-refractivity contribution >= 4 is 15.9 Å². The second-order valence-corrected chi connectivity index (χ2v) is 4.20. The summed E-state index contributed by atoms with van der Waals surface area (Å²) in [6, 6.07) is 0. The van der Waals surface area contributed by atoms with E-state index in [1.54, 1.807) is 0 Å². The summed E-state index contributed by atoms with van der Waals surface area (Å²) in [6.07, 6.45) is 0. The maximum Gasteiger partial charge on any atom is 0.122 e. The molecule has 0 fully saturated rings. The summed E-state index contributed by atoms with van der Waals surface area (Å²) in [6.45, 7) is 5.84. The van der Waals surface area contributed by atoms with Crippen molar-refractivity contribution < 1.29 is 5.11 Å². The minimum atomic E-state index is 0.174. The molecule has 0 heterocycles. The first kappa shape index (κ1) is 11.9. The number of phenols is 1. The van der Waals surface area contributed by atoms with Crippen molar-refractivity contribution in [1.82, 2.24) is 0 Å². The summed E-state index contributed by atoms with van der Waals surface area (Å²) in [7, 11) is 0. The van der Waals surface area contributed by atoms with Crippen molar-refractivity contribution in [2.24, 2.45) is 5.11 Å². The van der Waals surface area contributed by atoms with Crippen LogP contribution in [0.1, 0.15) is 22.3 Å². The SMILES string of the molecule is Cc1c(C)c(Br)c(C)c(CN=[N+]=[N-])c1O. The van der Waals surface area contributed by atoms with E-state index < -0.39 is 0 Å². The monoisotopic (exact) mass is 269 g/mol. The summed E-state index contributed by atoms with van der Waals surface area (Å²) >= 11 is 3.46. The zero-order valence-electron chi connectivity index (χ0n) is 8.87.